The van der Waals surface area contributed by atoms with Crippen molar-refractivity contribution in [3.8, 4) is 5.75 Å². The first-order valence-corrected chi connectivity index (χ1v) is 13.2. The van der Waals surface area contributed by atoms with Crippen molar-refractivity contribution in [1.82, 2.24) is 4.48 Å². The van der Waals surface area contributed by atoms with E-state index in [2.05, 4.69) is 33.3 Å². The zero-order valence-electron chi connectivity index (χ0n) is 22.4. The van der Waals surface area contributed by atoms with Gasteiger partial charge in [-0.1, -0.05) is 75.6 Å². The van der Waals surface area contributed by atoms with Crippen molar-refractivity contribution in [1.29, 1.82) is 0 Å². The van der Waals surface area contributed by atoms with Crippen LogP contribution in [-0.2, 0) is 16.0 Å². The molecule has 0 spiro atoms. The molecule has 5 nitrogen and oxygen atoms in total. The summed E-state index contributed by atoms with van der Waals surface area (Å²) in [6, 6.07) is 24.8. The van der Waals surface area contributed by atoms with E-state index < -0.39 is 0 Å². The molecule has 0 aliphatic carbocycles. The van der Waals surface area contributed by atoms with Crippen LogP contribution < -0.4 is 9.22 Å². The largest absolute Gasteiger partial charge is 0.494 e. The van der Waals surface area contributed by atoms with Gasteiger partial charge in [0.25, 0.3) is 0 Å². The Morgan fingerprint density at radius 2 is 1.21 bits per heavy atom. The average Bonchev–Trinajstić information content (AvgIpc) is 2.90. The number of ether oxygens (including phenoxy) is 2. The maximum Gasteiger partial charge on any atom is 0.310 e. The number of hydrogen-bond acceptors (Lipinski definition) is 4. The topological polar surface area (TPSA) is 52.6 Å². The van der Waals surface area contributed by atoms with Gasteiger partial charge in [-0.3, -0.25) is 14.1 Å². The van der Waals surface area contributed by atoms with Gasteiger partial charge in [0.1, 0.15) is 11.4 Å². The SMILES string of the molecule is C.C[N+](C)(C)c1ccc(CC(=O)OCCCCCCCCOc2ccc(C(=O)c3ccccc3)cc2)cc1. The summed E-state index contributed by atoms with van der Waals surface area (Å²) >= 11 is 0. The summed E-state index contributed by atoms with van der Waals surface area (Å²) in [4.78, 5) is 24.5. The van der Waals surface area contributed by atoms with Crippen molar-refractivity contribution in [2.75, 3.05) is 34.4 Å². The number of quaternary nitrogens is 1. The fraction of sp³-hybridized carbons (Fsp3) is 0.394. The van der Waals surface area contributed by atoms with Crippen LogP contribution in [0.15, 0.2) is 78.9 Å². The molecule has 0 bridgehead atoms. The zero-order valence-corrected chi connectivity index (χ0v) is 22.4. The molecule has 0 heterocycles. The Morgan fingerprint density at radius 1 is 0.658 bits per heavy atom. The fourth-order valence-corrected chi connectivity index (χ4v) is 4.02. The highest BCUT2D eigenvalue weighted by Crippen LogP contribution is 2.18. The number of nitrogens with zero attached hydrogens (tertiary/aromatic N) is 1. The molecule has 0 fully saturated rings. The van der Waals surface area contributed by atoms with Gasteiger partial charge in [-0.15, -0.1) is 0 Å². The number of rotatable bonds is 15. The van der Waals surface area contributed by atoms with Crippen LogP contribution in [0.3, 0.4) is 0 Å². The number of esters is 1. The Kier molecular flexibility index (Phi) is 12.7. The van der Waals surface area contributed by atoms with E-state index in [1.165, 1.54) is 5.69 Å². The summed E-state index contributed by atoms with van der Waals surface area (Å²) < 4.78 is 12.0. The first-order valence-electron chi connectivity index (χ1n) is 13.2. The number of hydrogen-bond donors (Lipinski definition) is 0. The molecule has 0 saturated carbocycles. The number of unbranched alkanes of at least 4 members (excludes halogenated alkanes) is 5. The third kappa shape index (κ3) is 10.5. The predicted octanol–water partition coefficient (Wildman–Crippen LogP) is 7.26. The van der Waals surface area contributed by atoms with Gasteiger partial charge in [0.05, 0.1) is 40.8 Å². The van der Waals surface area contributed by atoms with Gasteiger partial charge in [-0.05, 0) is 54.8 Å². The van der Waals surface area contributed by atoms with Crippen LogP contribution >= 0.6 is 0 Å². The van der Waals surface area contributed by atoms with E-state index in [-0.39, 0.29) is 19.2 Å². The van der Waals surface area contributed by atoms with Crippen molar-refractivity contribution in [2.45, 2.75) is 52.4 Å². The number of benzene rings is 3. The van der Waals surface area contributed by atoms with Gasteiger partial charge in [0.2, 0.25) is 0 Å². The fourth-order valence-electron chi connectivity index (χ4n) is 4.02. The minimum Gasteiger partial charge on any atom is -0.494 e. The minimum absolute atomic E-state index is 0. The Labute approximate surface area is 229 Å². The van der Waals surface area contributed by atoms with Crippen molar-refractivity contribution >= 4 is 17.4 Å². The third-order valence-electron chi connectivity index (χ3n) is 6.28. The van der Waals surface area contributed by atoms with E-state index in [0.717, 1.165) is 54.3 Å². The van der Waals surface area contributed by atoms with Gasteiger partial charge in [-0.25, -0.2) is 0 Å². The van der Waals surface area contributed by atoms with Crippen LogP contribution in [0.1, 0.15) is 67.4 Å². The van der Waals surface area contributed by atoms with Crippen molar-refractivity contribution in [3.05, 3.63) is 95.6 Å². The van der Waals surface area contributed by atoms with E-state index in [1.807, 2.05) is 66.7 Å². The molecule has 5 heteroatoms. The molecule has 3 rings (SSSR count). The van der Waals surface area contributed by atoms with Gasteiger partial charge in [0, 0.05) is 11.1 Å². The summed E-state index contributed by atoms with van der Waals surface area (Å²) in [7, 11) is 6.36. The summed E-state index contributed by atoms with van der Waals surface area (Å²) in [5.41, 5.74) is 3.55. The van der Waals surface area contributed by atoms with Gasteiger partial charge >= 0.3 is 5.97 Å². The maximum atomic E-state index is 12.5. The van der Waals surface area contributed by atoms with Crippen LogP contribution in [0.5, 0.6) is 5.75 Å². The number of ketones is 1. The third-order valence-corrected chi connectivity index (χ3v) is 6.28. The molecule has 38 heavy (non-hydrogen) atoms. The molecule has 0 aliphatic rings. The summed E-state index contributed by atoms with van der Waals surface area (Å²) in [5.74, 6) is 0.649. The minimum atomic E-state index is -0.160. The Balaban J connectivity index is 0.00000507. The number of carbonyl (C=O) groups is 2. The molecule has 3 aromatic rings. The van der Waals surface area contributed by atoms with Crippen LogP contribution in [0, 0.1) is 0 Å². The quantitative estimate of drug-likeness (QED) is 0.0920. The normalized spacial score (nSPS) is 10.9. The maximum absolute atomic E-state index is 12.5. The average molecular weight is 519 g/mol. The Morgan fingerprint density at radius 3 is 1.82 bits per heavy atom. The lowest BCUT2D eigenvalue weighted by molar-refractivity contribution is -0.142. The van der Waals surface area contributed by atoms with Crippen LogP contribution in [-0.4, -0.2) is 46.1 Å². The van der Waals surface area contributed by atoms with Crippen molar-refractivity contribution in [3.63, 3.8) is 0 Å². The molecule has 0 amide bonds. The van der Waals surface area contributed by atoms with Crippen LogP contribution in [0.4, 0.5) is 5.69 Å². The second-order valence-electron chi connectivity index (χ2n) is 10.3. The molecule has 0 aliphatic heterocycles. The molecule has 0 unspecified atom stereocenters. The zero-order chi connectivity index (χ0) is 26.5. The highest BCUT2D eigenvalue weighted by Gasteiger charge is 2.12. The van der Waals surface area contributed by atoms with E-state index in [4.69, 9.17) is 9.47 Å². The molecule has 0 radical (unpaired) electrons. The van der Waals surface area contributed by atoms with Crippen LogP contribution in [0.2, 0.25) is 0 Å². The summed E-state index contributed by atoms with van der Waals surface area (Å²) in [5, 5.41) is 0. The lowest BCUT2D eigenvalue weighted by atomic mass is 10.0. The van der Waals surface area contributed by atoms with Crippen molar-refractivity contribution < 1.29 is 19.1 Å². The van der Waals surface area contributed by atoms with Gasteiger partial charge in [-0.2, -0.15) is 0 Å². The molecule has 204 valence electrons. The lowest BCUT2D eigenvalue weighted by Crippen LogP contribution is -2.34. The predicted molar refractivity (Wildman–Crippen MR) is 157 cm³/mol. The monoisotopic (exact) mass is 518 g/mol. The second-order valence-corrected chi connectivity index (χ2v) is 10.3. The highest BCUT2D eigenvalue weighted by molar-refractivity contribution is 6.08. The van der Waals surface area contributed by atoms with E-state index in [1.54, 1.807) is 0 Å². The number of carbonyl (C=O) groups excluding carboxylic acids is 2. The molecule has 0 N–H and O–H groups in total. The smallest absolute Gasteiger partial charge is 0.310 e. The molecule has 3 aromatic carbocycles. The van der Waals surface area contributed by atoms with E-state index in [9.17, 15) is 9.59 Å². The second kappa shape index (κ2) is 15.7. The van der Waals surface area contributed by atoms with Crippen LogP contribution in [0.25, 0.3) is 0 Å². The summed E-state index contributed by atoms with van der Waals surface area (Å²) in [6.07, 6.45) is 6.64. The first kappa shape index (κ1) is 30.8. The van der Waals surface area contributed by atoms with Crippen molar-refractivity contribution in [2.24, 2.45) is 0 Å². The Hall–Kier alpha value is -3.44. The molecule has 0 atom stereocenters. The summed E-state index contributed by atoms with van der Waals surface area (Å²) in [6.45, 7) is 1.15. The van der Waals surface area contributed by atoms with E-state index in [0.29, 0.717) is 30.8 Å². The van der Waals surface area contributed by atoms with E-state index >= 15 is 0 Å². The molecule has 0 aromatic heterocycles. The first-order chi connectivity index (χ1) is 17.8. The Bertz CT molecular complexity index is 1100. The van der Waals surface area contributed by atoms with Gasteiger partial charge in [0.15, 0.2) is 5.78 Å². The standard InChI is InChI=1S/C32H40NO4.CH4/c1-33(2,3)29-19-15-26(16-20-29)25-31(34)37-24-12-7-5-4-6-11-23-36-30-21-17-28(18-22-30)32(35)27-13-9-8-10-14-27;/h8-10,13-22H,4-7,11-12,23-25H2,1-3H3;1H4/q+1;. The molecular formula is C33H44NO4+. The molecule has 0 saturated heterocycles. The highest BCUT2D eigenvalue weighted by atomic mass is 16.5. The van der Waals surface area contributed by atoms with Gasteiger partial charge < -0.3 is 9.47 Å². The molecular weight excluding hydrogens is 474 g/mol. The lowest BCUT2D eigenvalue weighted by Gasteiger charge is -2.23.